The largest absolute Gasteiger partial charge is 0.357 e. The molecule has 0 radical (unpaired) electrons. The van der Waals surface area contributed by atoms with Crippen molar-refractivity contribution in [1.82, 2.24) is 25.3 Å². The first kappa shape index (κ1) is 25.2. The Balaban J connectivity index is 0.00000289. The van der Waals surface area contributed by atoms with E-state index in [-0.39, 0.29) is 29.9 Å². The van der Waals surface area contributed by atoms with Crippen LogP contribution in [-0.2, 0) is 11.3 Å². The van der Waals surface area contributed by atoms with Crippen molar-refractivity contribution in [3.63, 3.8) is 0 Å². The molecule has 1 amide bonds. The van der Waals surface area contributed by atoms with Crippen LogP contribution in [0.4, 0.5) is 0 Å². The minimum atomic E-state index is 0. The quantitative estimate of drug-likeness (QED) is 0.293. The SMILES string of the molecule is CCNC(=NCC1CCCN1Cc1ccccc1)N1CCN(CC(=O)NC2CC2)CC1.I. The number of carbonyl (C=O) groups is 1. The van der Waals surface area contributed by atoms with Crippen molar-refractivity contribution in [1.29, 1.82) is 0 Å². The van der Waals surface area contributed by atoms with Crippen LogP contribution >= 0.6 is 24.0 Å². The maximum atomic E-state index is 12.1. The Morgan fingerprint density at radius 3 is 2.50 bits per heavy atom. The van der Waals surface area contributed by atoms with Crippen LogP contribution in [0.15, 0.2) is 35.3 Å². The van der Waals surface area contributed by atoms with Crippen molar-refractivity contribution < 1.29 is 4.79 Å². The summed E-state index contributed by atoms with van der Waals surface area (Å²) in [4.78, 5) is 24.3. The van der Waals surface area contributed by atoms with E-state index in [1.54, 1.807) is 0 Å². The molecule has 2 N–H and O–H groups in total. The first-order chi connectivity index (χ1) is 15.2. The number of carbonyl (C=O) groups excluding carboxylic acids is 1. The number of guanidine groups is 1. The Morgan fingerprint density at radius 1 is 1.06 bits per heavy atom. The molecule has 1 aliphatic carbocycles. The highest BCUT2D eigenvalue weighted by molar-refractivity contribution is 14.0. The maximum Gasteiger partial charge on any atom is 0.234 e. The van der Waals surface area contributed by atoms with Crippen LogP contribution in [0.2, 0.25) is 0 Å². The zero-order chi connectivity index (χ0) is 21.5. The topological polar surface area (TPSA) is 63.2 Å². The molecular formula is C24H39IN6O. The van der Waals surface area contributed by atoms with Crippen LogP contribution in [-0.4, -0.2) is 91.0 Å². The summed E-state index contributed by atoms with van der Waals surface area (Å²) >= 11 is 0. The lowest BCUT2D eigenvalue weighted by atomic mass is 10.2. The fourth-order valence-corrected chi connectivity index (χ4v) is 4.57. The normalized spacial score (nSPS) is 22.5. The van der Waals surface area contributed by atoms with Crippen LogP contribution in [0.1, 0.15) is 38.2 Å². The van der Waals surface area contributed by atoms with Gasteiger partial charge in [-0.25, -0.2) is 0 Å². The first-order valence-electron chi connectivity index (χ1n) is 12.0. The zero-order valence-corrected chi connectivity index (χ0v) is 21.7. The smallest absolute Gasteiger partial charge is 0.234 e. The van der Waals surface area contributed by atoms with Gasteiger partial charge in [0.15, 0.2) is 5.96 Å². The molecule has 178 valence electrons. The summed E-state index contributed by atoms with van der Waals surface area (Å²) in [7, 11) is 0. The molecule has 1 saturated carbocycles. The van der Waals surface area contributed by atoms with Crippen molar-refractivity contribution >= 4 is 35.8 Å². The maximum absolute atomic E-state index is 12.1. The number of piperazine rings is 1. The van der Waals surface area contributed by atoms with Gasteiger partial charge in [0.1, 0.15) is 0 Å². The molecule has 4 rings (SSSR count). The number of likely N-dealkylation sites (tertiary alicyclic amines) is 1. The Labute approximate surface area is 210 Å². The van der Waals surface area contributed by atoms with Gasteiger partial charge in [0.25, 0.3) is 0 Å². The van der Waals surface area contributed by atoms with E-state index in [0.717, 1.165) is 71.2 Å². The Bertz CT molecular complexity index is 733. The van der Waals surface area contributed by atoms with Gasteiger partial charge in [-0.3, -0.25) is 19.6 Å². The second kappa shape index (κ2) is 12.7. The molecule has 8 heteroatoms. The molecule has 1 aromatic carbocycles. The van der Waals surface area contributed by atoms with Gasteiger partial charge < -0.3 is 15.5 Å². The van der Waals surface area contributed by atoms with Gasteiger partial charge in [0, 0.05) is 51.4 Å². The minimum Gasteiger partial charge on any atom is -0.357 e. The molecule has 1 aromatic rings. The second-order valence-electron chi connectivity index (χ2n) is 9.05. The molecule has 0 spiro atoms. The van der Waals surface area contributed by atoms with Gasteiger partial charge in [0.05, 0.1) is 13.1 Å². The number of nitrogens with zero attached hydrogens (tertiary/aromatic N) is 4. The highest BCUT2D eigenvalue weighted by Gasteiger charge is 2.27. The number of benzene rings is 1. The van der Waals surface area contributed by atoms with Crippen molar-refractivity contribution in [2.75, 3.05) is 52.4 Å². The summed E-state index contributed by atoms with van der Waals surface area (Å²) in [5.41, 5.74) is 1.38. The molecule has 2 heterocycles. The van der Waals surface area contributed by atoms with E-state index >= 15 is 0 Å². The molecule has 1 atom stereocenters. The minimum absolute atomic E-state index is 0. The fraction of sp³-hybridized carbons (Fsp3) is 0.667. The number of aliphatic imine (C=N–C) groups is 1. The number of hydrogen-bond donors (Lipinski definition) is 2. The third kappa shape index (κ3) is 7.59. The zero-order valence-electron chi connectivity index (χ0n) is 19.3. The van der Waals surface area contributed by atoms with E-state index in [0.29, 0.717) is 18.6 Å². The van der Waals surface area contributed by atoms with Gasteiger partial charge in [-0.1, -0.05) is 30.3 Å². The summed E-state index contributed by atoms with van der Waals surface area (Å²) in [5, 5.41) is 6.58. The molecule has 3 fully saturated rings. The third-order valence-corrected chi connectivity index (χ3v) is 6.50. The molecule has 2 aliphatic heterocycles. The summed E-state index contributed by atoms with van der Waals surface area (Å²) in [6, 6.07) is 11.7. The number of hydrogen-bond acceptors (Lipinski definition) is 4. The third-order valence-electron chi connectivity index (χ3n) is 6.50. The van der Waals surface area contributed by atoms with E-state index < -0.39 is 0 Å². The van der Waals surface area contributed by atoms with Crippen LogP contribution in [0.3, 0.4) is 0 Å². The van der Waals surface area contributed by atoms with Crippen LogP contribution in [0, 0.1) is 0 Å². The number of halogens is 1. The monoisotopic (exact) mass is 554 g/mol. The molecule has 32 heavy (non-hydrogen) atoms. The molecular weight excluding hydrogens is 515 g/mol. The van der Waals surface area contributed by atoms with Gasteiger partial charge in [0.2, 0.25) is 5.91 Å². The van der Waals surface area contributed by atoms with E-state index in [4.69, 9.17) is 4.99 Å². The highest BCUT2D eigenvalue weighted by atomic mass is 127. The predicted octanol–water partition coefficient (Wildman–Crippen LogP) is 2.13. The average molecular weight is 555 g/mol. The number of rotatable bonds is 8. The summed E-state index contributed by atoms with van der Waals surface area (Å²) in [6.07, 6.45) is 4.77. The lowest BCUT2D eigenvalue weighted by Crippen LogP contribution is -2.54. The van der Waals surface area contributed by atoms with Gasteiger partial charge in [-0.2, -0.15) is 0 Å². The average Bonchev–Trinajstić information content (AvgIpc) is 3.49. The van der Waals surface area contributed by atoms with Crippen LogP contribution in [0.5, 0.6) is 0 Å². The van der Waals surface area contributed by atoms with Crippen molar-refractivity contribution in [3.8, 4) is 0 Å². The van der Waals surface area contributed by atoms with Gasteiger partial charge >= 0.3 is 0 Å². The Hall–Kier alpha value is -1.39. The summed E-state index contributed by atoms with van der Waals surface area (Å²) in [6.45, 7) is 10.2. The van der Waals surface area contributed by atoms with E-state index in [2.05, 4.69) is 62.6 Å². The van der Waals surface area contributed by atoms with E-state index in [1.165, 1.54) is 18.4 Å². The molecule has 7 nitrogen and oxygen atoms in total. The molecule has 1 unspecified atom stereocenters. The van der Waals surface area contributed by atoms with Crippen molar-refractivity contribution in [3.05, 3.63) is 35.9 Å². The van der Waals surface area contributed by atoms with E-state index in [9.17, 15) is 4.79 Å². The lowest BCUT2D eigenvalue weighted by molar-refractivity contribution is -0.122. The highest BCUT2D eigenvalue weighted by Crippen LogP contribution is 2.21. The van der Waals surface area contributed by atoms with Crippen molar-refractivity contribution in [2.24, 2.45) is 4.99 Å². The second-order valence-corrected chi connectivity index (χ2v) is 9.05. The van der Waals surface area contributed by atoms with E-state index in [1.807, 2.05) is 0 Å². The van der Waals surface area contributed by atoms with Gasteiger partial charge in [-0.15, -0.1) is 24.0 Å². The Morgan fingerprint density at radius 2 is 1.81 bits per heavy atom. The van der Waals surface area contributed by atoms with Gasteiger partial charge in [-0.05, 0) is 44.7 Å². The van der Waals surface area contributed by atoms with Crippen molar-refractivity contribution in [2.45, 2.75) is 51.2 Å². The number of amides is 1. The summed E-state index contributed by atoms with van der Waals surface area (Å²) < 4.78 is 0. The van der Waals surface area contributed by atoms with Crippen LogP contribution in [0.25, 0.3) is 0 Å². The summed E-state index contributed by atoms with van der Waals surface area (Å²) in [5.74, 6) is 1.20. The molecule has 3 aliphatic rings. The molecule has 0 bridgehead atoms. The molecule has 0 aromatic heterocycles. The Kier molecular flexibility index (Phi) is 10.1. The fourth-order valence-electron chi connectivity index (χ4n) is 4.57. The lowest BCUT2D eigenvalue weighted by Gasteiger charge is -2.36. The van der Waals surface area contributed by atoms with Crippen LogP contribution < -0.4 is 10.6 Å². The first-order valence-corrected chi connectivity index (χ1v) is 12.0. The number of nitrogens with one attached hydrogen (secondary N) is 2. The predicted molar refractivity (Wildman–Crippen MR) is 140 cm³/mol. The molecule has 2 saturated heterocycles. The standard InChI is InChI=1S/C24H38N6O.HI/c1-2-25-24(29-15-13-28(14-16-29)19-23(31)27-21-10-11-21)26-17-22-9-6-12-30(22)18-20-7-4-3-5-8-20;/h3-5,7-8,21-22H,2,6,9-19H2,1H3,(H,25,26)(H,27,31);1H.